The number of phenols is 1. The summed E-state index contributed by atoms with van der Waals surface area (Å²) in [5.41, 5.74) is 1.10. The molecule has 0 spiro atoms. The van der Waals surface area contributed by atoms with Gasteiger partial charge in [-0.2, -0.15) is 0 Å². The van der Waals surface area contributed by atoms with Crippen LogP contribution in [0.25, 0.3) is 10.8 Å². The Hall–Kier alpha value is -2.94. The number of hydrogen-bond donors (Lipinski definition) is 1. The Morgan fingerprint density at radius 1 is 1.19 bits per heavy atom. The fraction of sp³-hybridized carbons (Fsp3) is 0.250. The number of hydrogen-bond acceptors (Lipinski definition) is 3. The second-order valence-corrected chi connectivity index (χ2v) is 7.70. The van der Waals surface area contributed by atoms with Gasteiger partial charge in [0.2, 0.25) is 0 Å². The van der Waals surface area contributed by atoms with E-state index in [0.29, 0.717) is 17.6 Å². The lowest BCUT2D eigenvalue weighted by Gasteiger charge is -2.47. The van der Waals surface area contributed by atoms with Crippen LogP contribution in [0.15, 0.2) is 72.4 Å². The van der Waals surface area contributed by atoms with Crippen molar-refractivity contribution in [2.75, 3.05) is 0 Å². The Labute approximate surface area is 158 Å². The molecule has 0 bridgehead atoms. The van der Waals surface area contributed by atoms with Gasteiger partial charge in [-0.15, -0.1) is 0 Å². The fourth-order valence-corrected chi connectivity index (χ4v) is 4.88. The Morgan fingerprint density at radius 3 is 2.67 bits per heavy atom. The zero-order valence-electron chi connectivity index (χ0n) is 15.5. The first kappa shape index (κ1) is 17.5. The highest BCUT2D eigenvalue weighted by Gasteiger charge is 2.55. The van der Waals surface area contributed by atoms with Gasteiger partial charge in [-0.05, 0) is 36.0 Å². The summed E-state index contributed by atoms with van der Waals surface area (Å²) in [7, 11) is 0. The van der Waals surface area contributed by atoms with Gasteiger partial charge in [0.1, 0.15) is 5.75 Å². The molecule has 0 radical (unpaired) electrons. The van der Waals surface area contributed by atoms with Crippen molar-refractivity contribution in [3.05, 3.63) is 77.9 Å². The Bertz CT molecular complexity index is 1060. The van der Waals surface area contributed by atoms with Gasteiger partial charge in [0.15, 0.2) is 11.6 Å². The van der Waals surface area contributed by atoms with Crippen LogP contribution in [-0.4, -0.2) is 16.7 Å². The van der Waals surface area contributed by atoms with Crippen molar-refractivity contribution < 1.29 is 14.7 Å². The molecule has 0 saturated heterocycles. The maximum Gasteiger partial charge on any atom is 0.166 e. The highest BCUT2D eigenvalue weighted by Crippen LogP contribution is 2.56. The van der Waals surface area contributed by atoms with Crippen molar-refractivity contribution in [2.24, 2.45) is 11.3 Å². The third-order valence-corrected chi connectivity index (χ3v) is 6.27. The largest absolute Gasteiger partial charge is 0.507 e. The molecule has 136 valence electrons. The molecule has 0 amide bonds. The van der Waals surface area contributed by atoms with E-state index in [0.717, 1.165) is 16.3 Å². The summed E-state index contributed by atoms with van der Waals surface area (Å²) in [6.45, 7) is 7.49. The molecule has 3 heteroatoms. The van der Waals surface area contributed by atoms with Gasteiger partial charge in [0, 0.05) is 22.8 Å². The number of rotatable bonds is 2. The van der Waals surface area contributed by atoms with Crippen molar-refractivity contribution in [3.8, 4) is 5.75 Å². The molecular weight excluding hydrogens is 336 g/mol. The van der Waals surface area contributed by atoms with E-state index < -0.39 is 17.3 Å². The average molecular weight is 358 g/mol. The predicted octanol–water partition coefficient (Wildman–Crippen LogP) is 4.87. The van der Waals surface area contributed by atoms with Crippen molar-refractivity contribution >= 4 is 22.3 Å². The maximum atomic E-state index is 13.3. The second kappa shape index (κ2) is 6.05. The van der Waals surface area contributed by atoms with Crippen LogP contribution in [0.3, 0.4) is 0 Å². The zero-order valence-corrected chi connectivity index (χ0v) is 15.5. The smallest absolute Gasteiger partial charge is 0.166 e. The van der Waals surface area contributed by atoms with Gasteiger partial charge in [0.25, 0.3) is 0 Å². The quantitative estimate of drug-likeness (QED) is 0.833. The highest BCUT2D eigenvalue weighted by molar-refractivity contribution is 6.13. The number of fused-ring (bicyclic) bond motifs is 2. The van der Waals surface area contributed by atoms with Crippen LogP contribution in [-0.2, 0) is 9.59 Å². The zero-order chi connectivity index (χ0) is 19.3. The molecule has 2 aliphatic carbocycles. The molecule has 0 saturated carbocycles. The summed E-state index contributed by atoms with van der Waals surface area (Å²) < 4.78 is 0. The van der Waals surface area contributed by atoms with E-state index >= 15 is 0 Å². The minimum atomic E-state index is -0.936. The summed E-state index contributed by atoms with van der Waals surface area (Å²) in [6.07, 6.45) is 5.71. The Morgan fingerprint density at radius 2 is 1.93 bits per heavy atom. The van der Waals surface area contributed by atoms with E-state index in [4.69, 9.17) is 0 Å². The van der Waals surface area contributed by atoms with Gasteiger partial charge in [-0.25, -0.2) is 0 Å². The predicted molar refractivity (Wildman–Crippen MR) is 107 cm³/mol. The number of phenolic OH excluding ortho intramolecular Hbond substituents is 1. The van der Waals surface area contributed by atoms with E-state index in [1.54, 1.807) is 13.0 Å². The molecule has 27 heavy (non-hydrogen) atoms. The Kier molecular flexibility index (Phi) is 3.92. The lowest BCUT2D eigenvalue weighted by molar-refractivity contribution is -0.137. The maximum absolute atomic E-state index is 13.3. The van der Waals surface area contributed by atoms with Crippen LogP contribution in [0, 0.1) is 11.3 Å². The molecule has 3 atom stereocenters. The molecular formula is C24H22O3. The third-order valence-electron chi connectivity index (χ3n) is 6.27. The molecule has 2 aliphatic rings. The van der Waals surface area contributed by atoms with Crippen LogP contribution < -0.4 is 0 Å². The van der Waals surface area contributed by atoms with Crippen molar-refractivity contribution in [1.82, 2.24) is 0 Å². The van der Waals surface area contributed by atoms with Gasteiger partial charge < -0.3 is 5.11 Å². The number of benzene rings is 2. The first-order valence-corrected chi connectivity index (χ1v) is 9.19. The van der Waals surface area contributed by atoms with Gasteiger partial charge in [-0.1, -0.05) is 62.1 Å². The molecule has 4 rings (SSSR count). The SMILES string of the molecule is C=CC1=CCC2C(=O)C=C(C)C(=O)C2(C)C1c1ccc2ccccc2c1O. The Balaban J connectivity index is 2.00. The van der Waals surface area contributed by atoms with Crippen LogP contribution in [0.5, 0.6) is 5.75 Å². The standard InChI is InChI=1S/C24H22O3/c1-4-15-10-12-19-20(25)13-14(2)23(27)24(19,3)21(15)18-11-9-16-7-5-6-8-17(16)22(18)26/h4-11,13,19,21,26H,1,12H2,2-3H3. The van der Waals surface area contributed by atoms with Crippen LogP contribution in [0.1, 0.15) is 31.7 Å². The lowest BCUT2D eigenvalue weighted by Crippen LogP contribution is -2.49. The van der Waals surface area contributed by atoms with Crippen molar-refractivity contribution in [2.45, 2.75) is 26.2 Å². The highest BCUT2D eigenvalue weighted by atomic mass is 16.3. The fourth-order valence-electron chi connectivity index (χ4n) is 4.88. The minimum absolute atomic E-state index is 0.0146. The number of Topliss-reactive ketones (excluding diaryl/α,β-unsaturated/α-hetero) is 1. The number of ketones is 2. The molecule has 2 aromatic rings. The summed E-state index contributed by atoms with van der Waals surface area (Å²) >= 11 is 0. The first-order valence-electron chi connectivity index (χ1n) is 9.19. The topological polar surface area (TPSA) is 54.4 Å². The van der Waals surface area contributed by atoms with E-state index in [1.807, 2.05) is 49.4 Å². The molecule has 1 N–H and O–H groups in total. The summed E-state index contributed by atoms with van der Waals surface area (Å²) in [5.74, 6) is -0.719. The molecule has 0 aliphatic heterocycles. The molecule has 0 fully saturated rings. The minimum Gasteiger partial charge on any atom is -0.507 e. The van der Waals surface area contributed by atoms with E-state index in [-0.39, 0.29) is 17.3 Å². The molecule has 0 heterocycles. The molecule has 2 aromatic carbocycles. The van der Waals surface area contributed by atoms with E-state index in [9.17, 15) is 14.7 Å². The van der Waals surface area contributed by atoms with Gasteiger partial charge in [-0.3, -0.25) is 9.59 Å². The number of carbonyl (C=O) groups is 2. The second-order valence-electron chi connectivity index (χ2n) is 7.70. The number of carbonyl (C=O) groups excluding carboxylic acids is 2. The molecule has 0 aromatic heterocycles. The van der Waals surface area contributed by atoms with Gasteiger partial charge in [0.05, 0.1) is 5.41 Å². The number of allylic oxidation sites excluding steroid dienone is 5. The lowest BCUT2D eigenvalue weighted by atomic mass is 9.53. The van der Waals surface area contributed by atoms with Crippen LogP contribution in [0.4, 0.5) is 0 Å². The summed E-state index contributed by atoms with van der Waals surface area (Å²) in [5, 5.41) is 12.7. The van der Waals surface area contributed by atoms with E-state index in [1.165, 1.54) is 6.08 Å². The molecule has 3 unspecified atom stereocenters. The normalized spacial score (nSPS) is 27.8. The summed E-state index contributed by atoms with van der Waals surface area (Å²) in [6, 6.07) is 11.4. The number of aromatic hydroxyl groups is 1. The third kappa shape index (κ3) is 2.34. The first-order chi connectivity index (χ1) is 12.9. The van der Waals surface area contributed by atoms with Crippen molar-refractivity contribution in [1.29, 1.82) is 0 Å². The molecule has 3 nitrogen and oxygen atoms in total. The van der Waals surface area contributed by atoms with Crippen LogP contribution in [0.2, 0.25) is 0 Å². The monoisotopic (exact) mass is 358 g/mol. The van der Waals surface area contributed by atoms with Gasteiger partial charge >= 0.3 is 0 Å². The average Bonchev–Trinajstić information content (AvgIpc) is 2.67. The van der Waals surface area contributed by atoms with Crippen LogP contribution >= 0.6 is 0 Å². The van der Waals surface area contributed by atoms with E-state index in [2.05, 4.69) is 6.58 Å². The van der Waals surface area contributed by atoms with Crippen molar-refractivity contribution in [3.63, 3.8) is 0 Å². The summed E-state index contributed by atoms with van der Waals surface area (Å²) in [4.78, 5) is 26.0.